The number of carbonyl (C=O) groups is 1. The topological polar surface area (TPSA) is 98.7 Å². The van der Waals surface area contributed by atoms with Gasteiger partial charge in [-0.25, -0.2) is 9.97 Å². The number of hydrogen-bond acceptors (Lipinski definition) is 5. The highest BCUT2D eigenvalue weighted by atomic mass is 19.1. The number of halogens is 1. The molecule has 3 heterocycles. The van der Waals surface area contributed by atoms with Gasteiger partial charge in [0.25, 0.3) is 0 Å². The number of fused-ring (bicyclic) bond motifs is 1. The van der Waals surface area contributed by atoms with Crippen LogP contribution in [0.4, 0.5) is 10.1 Å². The molecule has 136 valence electrons. The van der Waals surface area contributed by atoms with Gasteiger partial charge in [-0.2, -0.15) is 9.49 Å². The van der Waals surface area contributed by atoms with Gasteiger partial charge in [0.05, 0.1) is 6.20 Å². The fourth-order valence-electron chi connectivity index (χ4n) is 3.15. The van der Waals surface area contributed by atoms with Crippen LogP contribution < -0.4 is 11.1 Å². The second kappa shape index (κ2) is 6.64. The molecule has 1 amide bonds. The minimum atomic E-state index is -0.749. The molecule has 0 radical (unpaired) electrons. The summed E-state index contributed by atoms with van der Waals surface area (Å²) in [5.74, 6) is -0.459. The van der Waals surface area contributed by atoms with Crippen molar-refractivity contribution in [1.82, 2.24) is 19.7 Å². The summed E-state index contributed by atoms with van der Waals surface area (Å²) in [6.07, 6.45) is 8.18. The number of primary amides is 1. The lowest BCUT2D eigenvalue weighted by atomic mass is 9.91. The summed E-state index contributed by atoms with van der Waals surface area (Å²) in [5.41, 5.74) is 10.9. The average Bonchev–Trinajstić information content (AvgIpc) is 3.08. The van der Waals surface area contributed by atoms with Gasteiger partial charge >= 0.3 is 6.08 Å². The lowest BCUT2D eigenvalue weighted by molar-refractivity contribution is -0.117. The van der Waals surface area contributed by atoms with Crippen LogP contribution in [0.1, 0.15) is 22.3 Å². The van der Waals surface area contributed by atoms with Crippen LogP contribution in [0.25, 0.3) is 5.57 Å². The minimum Gasteiger partial charge on any atom is -0.370 e. The second-order valence-corrected chi connectivity index (χ2v) is 6.42. The number of nitrogens with two attached hydrogens (primary N) is 1. The molecule has 0 bridgehead atoms. The lowest BCUT2D eigenvalue weighted by Crippen LogP contribution is -2.36. The van der Waals surface area contributed by atoms with Gasteiger partial charge in [-0.05, 0) is 28.8 Å². The van der Waals surface area contributed by atoms with E-state index in [0.29, 0.717) is 6.42 Å². The predicted molar refractivity (Wildman–Crippen MR) is 98.1 cm³/mol. The molecule has 1 atom stereocenters. The molecule has 3 N–H and O–H groups in total. The number of nitrogens with one attached hydrogen (secondary N) is 1. The Bertz CT molecular complexity index is 1040. The average molecular weight is 364 g/mol. The molecule has 27 heavy (non-hydrogen) atoms. The fraction of sp³-hybridized carbons (Fsp3) is 0.158. The Kier molecular flexibility index (Phi) is 4.15. The van der Waals surface area contributed by atoms with E-state index in [1.807, 2.05) is 37.5 Å². The van der Waals surface area contributed by atoms with Gasteiger partial charge in [0.15, 0.2) is 0 Å². The lowest BCUT2D eigenvalue weighted by Gasteiger charge is -2.25. The number of anilines is 1. The van der Waals surface area contributed by atoms with Crippen molar-refractivity contribution in [1.29, 1.82) is 0 Å². The van der Waals surface area contributed by atoms with Crippen LogP contribution in [0.3, 0.4) is 0 Å². The number of amides is 1. The molecule has 1 aromatic carbocycles. The number of hydrogen-bond donors (Lipinski definition) is 2. The van der Waals surface area contributed by atoms with Gasteiger partial charge in [0.2, 0.25) is 5.91 Å². The van der Waals surface area contributed by atoms with Gasteiger partial charge < -0.3 is 11.1 Å². The highest BCUT2D eigenvalue weighted by molar-refractivity contribution is 5.96. The standard InChI is InChI=1S/C19H17FN6O/c1-26-10-13(9-24-26)15-6-17(18(21)27)25-16-5-11(2-3-14(15)16)4-12-7-22-19(20)23-8-12/h2-3,5-10,17,25H,4H2,1H3,(H2,21,27). The summed E-state index contributed by atoms with van der Waals surface area (Å²) in [5, 5.41) is 7.38. The van der Waals surface area contributed by atoms with Crippen molar-refractivity contribution in [2.45, 2.75) is 12.5 Å². The van der Waals surface area contributed by atoms with Gasteiger partial charge in [0, 0.05) is 48.9 Å². The van der Waals surface area contributed by atoms with E-state index in [1.165, 1.54) is 12.4 Å². The molecule has 7 nitrogen and oxygen atoms in total. The van der Waals surface area contributed by atoms with Gasteiger partial charge in [-0.1, -0.05) is 12.1 Å². The molecule has 0 aliphatic carbocycles. The third-order valence-electron chi connectivity index (χ3n) is 4.42. The molecule has 4 rings (SSSR count). The van der Waals surface area contributed by atoms with Crippen molar-refractivity contribution in [2.24, 2.45) is 12.8 Å². The Morgan fingerprint density at radius 3 is 2.70 bits per heavy atom. The first kappa shape index (κ1) is 16.9. The van der Waals surface area contributed by atoms with E-state index in [2.05, 4.69) is 20.4 Å². The van der Waals surface area contributed by atoms with E-state index in [0.717, 1.165) is 33.5 Å². The van der Waals surface area contributed by atoms with Crippen LogP contribution in [0, 0.1) is 6.08 Å². The SMILES string of the molecule is Cn1cc(C2=CC(C(N)=O)Nc3cc(Cc4cnc(F)nc4)ccc32)cn1. The summed E-state index contributed by atoms with van der Waals surface area (Å²) in [6.45, 7) is 0. The Morgan fingerprint density at radius 1 is 1.26 bits per heavy atom. The van der Waals surface area contributed by atoms with Crippen LogP contribution >= 0.6 is 0 Å². The number of nitrogens with zero attached hydrogens (tertiary/aromatic N) is 4. The monoisotopic (exact) mass is 364 g/mol. The Labute approximate surface area is 154 Å². The van der Waals surface area contributed by atoms with Crippen molar-refractivity contribution >= 4 is 17.2 Å². The third-order valence-corrected chi connectivity index (χ3v) is 4.42. The molecule has 0 fully saturated rings. The molecule has 3 aromatic rings. The Hall–Kier alpha value is -3.55. The summed E-state index contributed by atoms with van der Waals surface area (Å²) in [6, 6.07) is 5.31. The molecular formula is C19H17FN6O. The number of rotatable bonds is 4. The molecule has 1 unspecified atom stereocenters. The predicted octanol–water partition coefficient (Wildman–Crippen LogP) is 1.65. The second-order valence-electron chi connectivity index (χ2n) is 6.42. The molecular weight excluding hydrogens is 347 g/mol. The van der Waals surface area contributed by atoms with Crippen LogP contribution in [0.15, 0.2) is 49.1 Å². The maximum atomic E-state index is 12.9. The number of benzene rings is 1. The van der Waals surface area contributed by atoms with E-state index in [-0.39, 0.29) is 0 Å². The zero-order valence-corrected chi connectivity index (χ0v) is 14.6. The van der Waals surface area contributed by atoms with Gasteiger partial charge in [-0.3, -0.25) is 9.48 Å². The normalized spacial score (nSPS) is 15.6. The quantitative estimate of drug-likeness (QED) is 0.686. The van der Waals surface area contributed by atoms with Gasteiger partial charge in [0.1, 0.15) is 6.04 Å². The van der Waals surface area contributed by atoms with Crippen molar-refractivity contribution < 1.29 is 9.18 Å². The zero-order valence-electron chi connectivity index (χ0n) is 14.6. The fourth-order valence-corrected chi connectivity index (χ4v) is 3.15. The van der Waals surface area contributed by atoms with Crippen LogP contribution in [0.2, 0.25) is 0 Å². The van der Waals surface area contributed by atoms with Crippen molar-refractivity contribution in [3.05, 3.63) is 77.4 Å². The molecule has 2 aromatic heterocycles. The first-order valence-electron chi connectivity index (χ1n) is 8.36. The number of carbonyl (C=O) groups excluding carboxylic acids is 1. The van der Waals surface area contributed by atoms with E-state index in [9.17, 15) is 9.18 Å². The van der Waals surface area contributed by atoms with Crippen LogP contribution in [-0.2, 0) is 18.3 Å². The first-order chi connectivity index (χ1) is 13.0. The largest absolute Gasteiger partial charge is 0.370 e. The van der Waals surface area contributed by atoms with Crippen LogP contribution in [0.5, 0.6) is 0 Å². The Balaban J connectivity index is 1.71. The van der Waals surface area contributed by atoms with E-state index in [4.69, 9.17) is 5.73 Å². The van der Waals surface area contributed by atoms with Crippen LogP contribution in [-0.4, -0.2) is 31.7 Å². The molecule has 8 heteroatoms. The number of aryl methyl sites for hydroxylation is 1. The summed E-state index contributed by atoms with van der Waals surface area (Å²) in [7, 11) is 1.84. The van der Waals surface area contributed by atoms with E-state index in [1.54, 1.807) is 10.9 Å². The van der Waals surface area contributed by atoms with Gasteiger partial charge in [-0.15, -0.1) is 0 Å². The summed E-state index contributed by atoms with van der Waals surface area (Å²) >= 11 is 0. The van der Waals surface area contributed by atoms with E-state index < -0.39 is 18.0 Å². The Morgan fingerprint density at radius 2 is 2.04 bits per heavy atom. The smallest absolute Gasteiger partial charge is 0.308 e. The third kappa shape index (κ3) is 3.41. The molecule has 0 saturated heterocycles. The van der Waals surface area contributed by atoms with E-state index >= 15 is 0 Å². The number of aromatic nitrogens is 4. The maximum Gasteiger partial charge on any atom is 0.308 e. The highest BCUT2D eigenvalue weighted by Crippen LogP contribution is 2.35. The molecule has 0 spiro atoms. The highest BCUT2D eigenvalue weighted by Gasteiger charge is 2.24. The first-order valence-corrected chi connectivity index (χ1v) is 8.36. The molecule has 1 aliphatic heterocycles. The molecule has 0 saturated carbocycles. The minimum absolute atomic E-state index is 0.459. The molecule has 1 aliphatic rings. The maximum absolute atomic E-state index is 12.9. The van der Waals surface area contributed by atoms with Crippen molar-refractivity contribution in [2.75, 3.05) is 5.32 Å². The van der Waals surface area contributed by atoms with Crippen molar-refractivity contribution in [3.63, 3.8) is 0 Å². The summed E-state index contributed by atoms with van der Waals surface area (Å²) < 4.78 is 14.6. The zero-order chi connectivity index (χ0) is 19.0. The van der Waals surface area contributed by atoms with Crippen molar-refractivity contribution in [3.8, 4) is 0 Å². The summed E-state index contributed by atoms with van der Waals surface area (Å²) in [4.78, 5) is 19.0.